The van der Waals surface area contributed by atoms with Crippen molar-refractivity contribution in [1.82, 2.24) is 0 Å². The molecule has 0 bridgehead atoms. The van der Waals surface area contributed by atoms with E-state index in [0.29, 0.717) is 0 Å². The van der Waals surface area contributed by atoms with Crippen LogP contribution in [-0.4, -0.2) is 196 Å². The molecule has 0 amide bonds. The second-order valence-corrected chi connectivity index (χ2v) is 22.8. The second-order valence-electron chi connectivity index (χ2n) is 19.2. The molecule has 1 heterocycles. The van der Waals surface area contributed by atoms with Crippen molar-refractivity contribution in [3.05, 3.63) is 0 Å². The van der Waals surface area contributed by atoms with E-state index in [1.165, 1.54) is 0 Å². The number of hydrogen-bond donors (Lipinski definition) is 1. The van der Waals surface area contributed by atoms with Crippen molar-refractivity contribution in [3.8, 4) is 0 Å². The molecule has 576 valence electrons. The molecule has 96 heavy (non-hydrogen) atoms. The number of halogens is 54. The van der Waals surface area contributed by atoms with Crippen LogP contribution in [-0.2, 0) is 13.6 Å². The number of hydrogen-bond acceptors (Lipinski definition) is 5. The van der Waals surface area contributed by atoms with Gasteiger partial charge in [0.15, 0.2) is 0 Å². The van der Waals surface area contributed by atoms with E-state index >= 15 is 0 Å². The maximum atomic E-state index is 14.6. The maximum absolute atomic E-state index is 14.6. The van der Waals surface area contributed by atoms with Gasteiger partial charge in [-0.15, -0.1) is 0 Å². The summed E-state index contributed by atoms with van der Waals surface area (Å²) in [7, 11) is -5.57. The molecule has 0 spiro atoms. The molecular formula is C35H17F54O4PS2. The number of alkyl halides is 54. The highest BCUT2D eigenvalue weighted by atomic mass is 32.2. The molecule has 1 aliphatic heterocycles. The lowest BCUT2D eigenvalue weighted by Gasteiger charge is -2.46. The number of rotatable bonds is 32. The highest BCUT2D eigenvalue weighted by Gasteiger charge is 3.03. The lowest BCUT2D eigenvalue weighted by molar-refractivity contribution is -0.485. The largest absolute Gasteiger partial charge is 0.472 e. The third-order valence-electron chi connectivity index (χ3n) is 12.5. The maximum Gasteiger partial charge on any atom is 0.472 e. The Hall–Kier alpha value is -2.97. The van der Waals surface area contributed by atoms with Crippen LogP contribution >= 0.6 is 31.3 Å². The van der Waals surface area contributed by atoms with Gasteiger partial charge in [0.2, 0.25) is 0 Å². The normalized spacial score (nSPS) is 18.7. The highest BCUT2D eigenvalue weighted by Crippen LogP contribution is 2.72. The van der Waals surface area contributed by atoms with Crippen LogP contribution < -0.4 is 0 Å². The summed E-state index contributed by atoms with van der Waals surface area (Å²) in [5.41, 5.74) is -2.87. The summed E-state index contributed by atoms with van der Waals surface area (Å²) in [6.45, 7) is -3.65. The minimum absolute atomic E-state index is 0.872. The summed E-state index contributed by atoms with van der Waals surface area (Å²) in [4.78, 5) is 9.32. The molecule has 1 rings (SSSR count). The van der Waals surface area contributed by atoms with Crippen molar-refractivity contribution in [2.24, 2.45) is 5.41 Å². The fourth-order valence-electron chi connectivity index (χ4n) is 6.38. The summed E-state index contributed by atoms with van der Waals surface area (Å²) in [6, 6.07) is 0. The number of phosphoric acid groups is 1. The van der Waals surface area contributed by atoms with Gasteiger partial charge in [0, 0.05) is 29.8 Å². The Kier molecular flexibility index (Phi) is 23.1. The second kappa shape index (κ2) is 24.3. The molecule has 1 N–H and O–H groups in total. The molecule has 1 fully saturated rings. The minimum atomic E-state index is -10.1. The molecule has 0 aliphatic carbocycles. The summed E-state index contributed by atoms with van der Waals surface area (Å²) in [5, 5.41) is 0. The van der Waals surface area contributed by atoms with Crippen LogP contribution in [0.25, 0.3) is 0 Å². The highest BCUT2D eigenvalue weighted by molar-refractivity contribution is 8.00. The Morgan fingerprint density at radius 2 is 0.385 bits per heavy atom. The van der Waals surface area contributed by atoms with Gasteiger partial charge in [-0.05, 0) is 11.5 Å². The predicted molar refractivity (Wildman–Crippen MR) is 199 cm³/mol. The fraction of sp³-hybridized carbons (Fsp3) is 1.00. The van der Waals surface area contributed by atoms with E-state index in [1.54, 1.807) is 0 Å². The van der Waals surface area contributed by atoms with Gasteiger partial charge in [0.05, 0.1) is 13.2 Å². The Morgan fingerprint density at radius 1 is 0.250 bits per heavy atom. The van der Waals surface area contributed by atoms with Gasteiger partial charge in [-0.2, -0.15) is 261 Å². The van der Waals surface area contributed by atoms with Crippen molar-refractivity contribution in [2.45, 2.75) is 167 Å². The molecule has 0 radical (unpaired) electrons. The molecule has 0 saturated carbocycles. The van der Waals surface area contributed by atoms with E-state index in [-0.39, 0.29) is 0 Å². The zero-order valence-electron chi connectivity index (χ0n) is 42.5. The topological polar surface area (TPSA) is 55.8 Å². The van der Waals surface area contributed by atoms with Crippen LogP contribution in [0.4, 0.5) is 237 Å². The van der Waals surface area contributed by atoms with Crippen LogP contribution in [0.2, 0.25) is 0 Å². The van der Waals surface area contributed by atoms with E-state index in [4.69, 9.17) is 0 Å². The Bertz CT molecular complexity index is 2600. The van der Waals surface area contributed by atoms with Gasteiger partial charge in [-0.3, -0.25) is 9.05 Å². The third-order valence-corrected chi connectivity index (χ3v) is 16.1. The van der Waals surface area contributed by atoms with Crippen molar-refractivity contribution in [2.75, 3.05) is 36.2 Å². The van der Waals surface area contributed by atoms with Gasteiger partial charge in [-0.1, -0.05) is 0 Å². The molecule has 1 saturated heterocycles. The summed E-state index contributed by atoms with van der Waals surface area (Å²) in [6.07, 6.45) is -24.1. The molecule has 1 aliphatic rings. The van der Waals surface area contributed by atoms with Gasteiger partial charge in [0.25, 0.3) is 0 Å². The fourth-order valence-corrected chi connectivity index (χ4v) is 9.95. The molecule has 0 unspecified atom stereocenters. The van der Waals surface area contributed by atoms with Gasteiger partial charge in [0.1, 0.15) is 0 Å². The van der Waals surface area contributed by atoms with Crippen molar-refractivity contribution in [3.63, 3.8) is 0 Å². The van der Waals surface area contributed by atoms with Gasteiger partial charge in [-0.25, -0.2) is 4.57 Å². The molecule has 0 atom stereocenters. The molecule has 0 aromatic rings. The quantitative estimate of drug-likeness (QED) is 0.0412. The van der Waals surface area contributed by atoms with E-state index in [1.807, 2.05) is 0 Å². The first-order chi connectivity index (χ1) is 40.8. The van der Waals surface area contributed by atoms with Crippen LogP contribution in [0.15, 0.2) is 0 Å². The van der Waals surface area contributed by atoms with E-state index in [2.05, 4.69) is 9.05 Å². The van der Waals surface area contributed by atoms with Crippen LogP contribution in [0, 0.1) is 5.41 Å². The Balaban J connectivity index is 3.66. The summed E-state index contributed by atoms with van der Waals surface area (Å²) < 4.78 is 768. The van der Waals surface area contributed by atoms with Gasteiger partial charge < -0.3 is 4.89 Å². The van der Waals surface area contributed by atoms with Crippen LogP contribution in [0.1, 0.15) is 12.8 Å². The number of phosphoric ester groups is 1. The van der Waals surface area contributed by atoms with Crippen LogP contribution in [0.3, 0.4) is 0 Å². The smallest absolute Gasteiger partial charge is 0.302 e. The van der Waals surface area contributed by atoms with Crippen molar-refractivity contribution in [1.29, 1.82) is 0 Å². The first-order valence-electron chi connectivity index (χ1n) is 21.8. The van der Waals surface area contributed by atoms with Gasteiger partial charge >= 0.3 is 162 Å². The van der Waals surface area contributed by atoms with Crippen LogP contribution in [0.5, 0.6) is 0 Å². The molecule has 61 heteroatoms. The average Bonchev–Trinajstić information content (AvgIpc) is 0.689. The first-order valence-corrected chi connectivity index (χ1v) is 25.6. The van der Waals surface area contributed by atoms with Crippen molar-refractivity contribution >= 4 is 31.3 Å². The standard InChI is InChI=1S/C35H17F54O4PS2/c36-10(37,12(40,41)14(44,45)16(48,49)18(52,53)20(56,57)22(60,61)24(64,65)26(68,69)28(72,73)30(76,77)32(80,81)34(84,85)86)1-3-95-7-9(5-92-94(90,91)93-6-9)8-96-4-2-11(38,39)13(42,43)15(46,47)17(50,51)19(54,55)21(58,59)23(62,63)25(66,67)27(70,71)29(74,75)31(78,79)33(82,83)35(87,88)89/h1-8H2,(H,90,91). The first kappa shape index (κ1) is 91.0. The summed E-state index contributed by atoms with van der Waals surface area (Å²) in [5.74, 6) is -237. The average molecular weight is 1620 g/mol. The Labute approximate surface area is 496 Å². The SMILES string of the molecule is O=P1(O)OCC(CSCCC(F)(F)C(F)(F)C(F)(F)C(F)(F)C(F)(F)C(F)(F)C(F)(F)C(F)(F)C(F)(F)C(F)(F)C(F)(F)C(F)(F)C(F)(F)F)(CSCCC(F)(F)C(F)(F)C(F)(F)C(F)(F)C(F)(F)C(F)(F)C(F)(F)C(F)(F)C(F)(F)C(F)(F)C(F)(F)C(F)(F)C(F)(F)F)CO1. The molecule has 0 aromatic carbocycles. The minimum Gasteiger partial charge on any atom is -0.302 e. The van der Waals surface area contributed by atoms with E-state index in [9.17, 15) is 247 Å². The summed E-state index contributed by atoms with van der Waals surface area (Å²) >= 11 is -1.74. The lowest BCUT2D eigenvalue weighted by atomic mass is 9.84. The molecule has 0 aromatic heterocycles. The van der Waals surface area contributed by atoms with Crippen molar-refractivity contribution < 1.29 is 256 Å². The number of thioether (sulfide) groups is 2. The van der Waals surface area contributed by atoms with E-state index in [0.717, 1.165) is 0 Å². The zero-order valence-corrected chi connectivity index (χ0v) is 45.0. The Morgan fingerprint density at radius 3 is 0.531 bits per heavy atom. The molecule has 4 nitrogen and oxygen atoms in total. The van der Waals surface area contributed by atoms with E-state index < -0.39 is 240 Å². The third kappa shape index (κ3) is 12.3. The predicted octanol–water partition coefficient (Wildman–Crippen LogP) is 19.7. The lowest BCUT2D eigenvalue weighted by Crippen LogP contribution is -2.78. The monoisotopic (exact) mass is 1620 g/mol. The zero-order chi connectivity index (χ0) is 78.5. The molecular weight excluding hydrogens is 1610 g/mol.